The molecule has 4 nitrogen and oxygen atoms in total. The number of methoxy groups -OCH3 is 1. The molecule has 6 heteroatoms. The predicted octanol–water partition coefficient (Wildman–Crippen LogP) is 11.8. The number of phenols is 1. The minimum Gasteiger partial charge on any atom is -0.508 e. The Hall–Kier alpha value is -2.96. The molecule has 45 heavy (non-hydrogen) atoms. The van der Waals surface area contributed by atoms with Crippen LogP contribution in [0.5, 0.6) is 11.5 Å². The van der Waals surface area contributed by atoms with E-state index in [4.69, 9.17) is 14.2 Å². The standard InChI is InChI=1S/C20H26O2S.C19H24O2S/c1-12-14-10-13(21-7)8-9-15(14)23-17(12)16-18(19(2,3)4)20(5,6)11-22-16;1-11-13-9-12(20)7-8-14(13)22-16(11)15-17(18(2,3)4)19(5,6)10-21-15/h8-10H,11H2,1-7H3;7-9,20H,10H2,1-6H3. The number of ether oxygens (including phenoxy) is 3. The van der Waals surface area contributed by atoms with E-state index >= 15 is 0 Å². The van der Waals surface area contributed by atoms with Gasteiger partial charge in [-0.15, -0.1) is 22.7 Å². The van der Waals surface area contributed by atoms with Crippen LogP contribution in [0, 0.1) is 35.5 Å². The number of phenolic OH excluding ortho intramolecular Hbond substituents is 1. The second-order valence-electron chi connectivity index (χ2n) is 15.9. The molecule has 0 radical (unpaired) electrons. The molecular weight excluding hydrogens is 597 g/mol. The van der Waals surface area contributed by atoms with Gasteiger partial charge in [0.2, 0.25) is 0 Å². The summed E-state index contributed by atoms with van der Waals surface area (Å²) in [6.45, 7) is 28.5. The van der Waals surface area contributed by atoms with E-state index in [2.05, 4.69) is 95.2 Å². The monoisotopic (exact) mass is 646 g/mol. The maximum absolute atomic E-state index is 9.75. The molecule has 0 spiro atoms. The molecule has 2 aliphatic rings. The van der Waals surface area contributed by atoms with Crippen molar-refractivity contribution in [3.05, 3.63) is 68.4 Å². The smallest absolute Gasteiger partial charge is 0.137 e. The van der Waals surface area contributed by atoms with Crippen molar-refractivity contribution in [3.8, 4) is 11.5 Å². The molecule has 0 bridgehead atoms. The van der Waals surface area contributed by atoms with Crippen LogP contribution in [0.4, 0.5) is 0 Å². The Morgan fingerprint density at radius 3 is 1.53 bits per heavy atom. The molecule has 0 fully saturated rings. The third kappa shape index (κ3) is 6.13. The van der Waals surface area contributed by atoms with E-state index in [9.17, 15) is 5.11 Å². The first kappa shape index (κ1) is 33.4. The zero-order valence-electron chi connectivity index (χ0n) is 29.4. The van der Waals surface area contributed by atoms with Crippen molar-refractivity contribution < 1.29 is 19.3 Å². The van der Waals surface area contributed by atoms with E-state index in [1.807, 2.05) is 29.5 Å². The molecule has 0 unspecified atom stereocenters. The minimum absolute atomic E-state index is 0.0539. The van der Waals surface area contributed by atoms with Gasteiger partial charge in [0.25, 0.3) is 0 Å². The molecule has 0 aliphatic carbocycles. The Balaban J connectivity index is 0.000000178. The number of benzene rings is 2. The summed E-state index contributed by atoms with van der Waals surface area (Å²) < 4.78 is 20.2. The Morgan fingerprint density at radius 1 is 0.689 bits per heavy atom. The number of hydrogen-bond donors (Lipinski definition) is 1. The predicted molar refractivity (Wildman–Crippen MR) is 194 cm³/mol. The highest BCUT2D eigenvalue weighted by molar-refractivity contribution is 7.20. The fourth-order valence-corrected chi connectivity index (χ4v) is 9.84. The average Bonchev–Trinajstić information content (AvgIpc) is 3.64. The van der Waals surface area contributed by atoms with E-state index in [1.165, 1.54) is 46.8 Å². The maximum Gasteiger partial charge on any atom is 0.137 e. The molecular formula is C39H50O4S2. The van der Waals surface area contributed by atoms with Gasteiger partial charge in [-0.3, -0.25) is 0 Å². The van der Waals surface area contributed by atoms with E-state index < -0.39 is 0 Å². The van der Waals surface area contributed by atoms with Crippen LogP contribution in [0.3, 0.4) is 0 Å². The van der Waals surface area contributed by atoms with Crippen LogP contribution in [0.2, 0.25) is 0 Å². The summed E-state index contributed by atoms with van der Waals surface area (Å²) in [5, 5.41) is 12.1. The third-order valence-corrected chi connectivity index (χ3v) is 11.5. The molecule has 4 heterocycles. The highest BCUT2D eigenvalue weighted by atomic mass is 32.1. The minimum atomic E-state index is 0.0539. The summed E-state index contributed by atoms with van der Waals surface area (Å²) in [6, 6.07) is 11.9. The van der Waals surface area contributed by atoms with Crippen LogP contribution in [0.25, 0.3) is 31.7 Å². The zero-order valence-corrected chi connectivity index (χ0v) is 31.0. The first-order chi connectivity index (χ1) is 20.8. The van der Waals surface area contributed by atoms with Crippen molar-refractivity contribution in [1.82, 2.24) is 0 Å². The highest BCUT2D eigenvalue weighted by Gasteiger charge is 2.43. The zero-order chi connectivity index (χ0) is 33.3. The molecule has 2 aliphatic heterocycles. The summed E-state index contributed by atoms with van der Waals surface area (Å²) >= 11 is 3.58. The molecule has 0 amide bonds. The Labute approximate surface area is 277 Å². The van der Waals surface area contributed by atoms with Crippen molar-refractivity contribution in [1.29, 1.82) is 0 Å². The van der Waals surface area contributed by atoms with E-state index in [-0.39, 0.29) is 21.7 Å². The van der Waals surface area contributed by atoms with Gasteiger partial charge in [0.15, 0.2) is 0 Å². The number of hydrogen-bond acceptors (Lipinski definition) is 6. The summed E-state index contributed by atoms with van der Waals surface area (Å²) in [5.74, 6) is 3.37. The van der Waals surface area contributed by atoms with Crippen LogP contribution in [0.1, 0.15) is 90.1 Å². The maximum atomic E-state index is 9.75. The first-order valence-electron chi connectivity index (χ1n) is 15.8. The van der Waals surface area contributed by atoms with Crippen LogP contribution < -0.4 is 4.74 Å². The molecule has 1 N–H and O–H groups in total. The van der Waals surface area contributed by atoms with Gasteiger partial charge in [0, 0.05) is 20.2 Å². The van der Waals surface area contributed by atoms with Crippen LogP contribution in [0.15, 0.2) is 47.5 Å². The Morgan fingerprint density at radius 2 is 1.11 bits per heavy atom. The van der Waals surface area contributed by atoms with Gasteiger partial charge in [-0.25, -0.2) is 0 Å². The Bertz CT molecular complexity index is 1830. The van der Waals surface area contributed by atoms with E-state index in [1.54, 1.807) is 24.5 Å². The number of aromatic hydroxyl groups is 1. The SMILES string of the molecule is COc1ccc2sc(C3=C(C(C)(C)C)C(C)(C)CO3)c(C)c2c1.Cc1c(C2=C(C(C)(C)C)C(C)(C)CO2)sc2ccc(O)cc12. The largest absolute Gasteiger partial charge is 0.508 e. The lowest BCUT2D eigenvalue weighted by Crippen LogP contribution is -2.24. The molecule has 4 aromatic rings. The van der Waals surface area contributed by atoms with Gasteiger partial charge < -0.3 is 19.3 Å². The van der Waals surface area contributed by atoms with Crippen molar-refractivity contribution in [3.63, 3.8) is 0 Å². The Kier molecular flexibility index (Phi) is 8.45. The van der Waals surface area contributed by atoms with E-state index in [0.29, 0.717) is 5.75 Å². The fourth-order valence-electron chi connectivity index (χ4n) is 7.45. The first-order valence-corrected chi connectivity index (χ1v) is 17.5. The molecule has 0 saturated carbocycles. The van der Waals surface area contributed by atoms with Crippen molar-refractivity contribution in [2.45, 2.75) is 83.1 Å². The second kappa shape index (κ2) is 11.4. The number of fused-ring (bicyclic) bond motifs is 2. The third-order valence-electron chi connectivity index (χ3n) is 8.94. The topological polar surface area (TPSA) is 47.9 Å². The van der Waals surface area contributed by atoms with Gasteiger partial charge in [-0.1, -0.05) is 69.2 Å². The van der Waals surface area contributed by atoms with E-state index in [0.717, 1.165) is 35.9 Å². The molecule has 242 valence electrons. The van der Waals surface area contributed by atoms with Gasteiger partial charge >= 0.3 is 0 Å². The average molecular weight is 647 g/mol. The molecule has 0 atom stereocenters. The van der Waals surface area contributed by atoms with Gasteiger partial charge in [0.1, 0.15) is 23.0 Å². The molecule has 0 saturated heterocycles. The number of rotatable bonds is 3. The number of aryl methyl sites for hydroxylation is 2. The lowest BCUT2D eigenvalue weighted by Gasteiger charge is -2.30. The quantitative estimate of drug-likeness (QED) is 0.241. The summed E-state index contributed by atoms with van der Waals surface area (Å²) in [5.41, 5.74) is 5.59. The highest BCUT2D eigenvalue weighted by Crippen LogP contribution is 2.53. The fraction of sp³-hybridized carbons (Fsp3) is 0.487. The molecule has 6 rings (SSSR count). The lowest BCUT2D eigenvalue weighted by atomic mass is 9.71. The number of thiophene rings is 2. The van der Waals surface area contributed by atoms with Crippen LogP contribution >= 0.6 is 22.7 Å². The van der Waals surface area contributed by atoms with Crippen molar-refractivity contribution in [2.75, 3.05) is 20.3 Å². The van der Waals surface area contributed by atoms with Gasteiger partial charge in [0.05, 0.1) is 30.1 Å². The second-order valence-corrected chi connectivity index (χ2v) is 18.0. The normalized spacial score (nSPS) is 17.9. The van der Waals surface area contributed by atoms with Crippen molar-refractivity contribution >= 4 is 54.4 Å². The summed E-state index contributed by atoms with van der Waals surface area (Å²) in [7, 11) is 1.71. The summed E-state index contributed by atoms with van der Waals surface area (Å²) in [6.07, 6.45) is 0. The van der Waals surface area contributed by atoms with Crippen LogP contribution in [-0.4, -0.2) is 25.4 Å². The molecule has 2 aromatic heterocycles. The van der Waals surface area contributed by atoms with Crippen molar-refractivity contribution in [2.24, 2.45) is 21.7 Å². The van der Waals surface area contributed by atoms with Crippen LogP contribution in [-0.2, 0) is 9.47 Å². The molecule has 2 aromatic carbocycles. The lowest BCUT2D eigenvalue weighted by molar-refractivity contribution is 0.214. The van der Waals surface area contributed by atoms with Gasteiger partial charge in [-0.05, 0) is 94.1 Å². The summed E-state index contributed by atoms with van der Waals surface area (Å²) in [4.78, 5) is 2.47. The van der Waals surface area contributed by atoms with Gasteiger partial charge in [-0.2, -0.15) is 0 Å².